The third-order valence-electron chi connectivity index (χ3n) is 2.37. The number of hydrogen-bond donors (Lipinski definition) is 1. The first kappa shape index (κ1) is 14.9. The molecule has 0 spiro atoms. The number of nitrogens with zero attached hydrogens (tertiary/aromatic N) is 1. The summed E-state index contributed by atoms with van der Waals surface area (Å²) >= 11 is 1.00. The van der Waals surface area contributed by atoms with Crippen LogP contribution in [0.2, 0.25) is 0 Å². The van der Waals surface area contributed by atoms with Crippen LogP contribution in [0, 0.1) is 5.92 Å². The molecule has 1 N–H and O–H groups in total. The van der Waals surface area contributed by atoms with Crippen molar-refractivity contribution in [2.45, 2.75) is 11.1 Å². The zero-order chi connectivity index (χ0) is 13.9. The summed E-state index contributed by atoms with van der Waals surface area (Å²) in [5.41, 5.74) is 0. The molecule has 1 atom stereocenters. The maximum absolute atomic E-state index is 12.1. The molecule has 1 aromatic heterocycles. The van der Waals surface area contributed by atoms with Crippen molar-refractivity contribution < 1.29 is 23.1 Å². The van der Waals surface area contributed by atoms with Crippen LogP contribution >= 0.6 is 11.3 Å². The van der Waals surface area contributed by atoms with Crippen LogP contribution in [0.15, 0.2) is 16.3 Å². The number of ether oxygens (including phenoxy) is 1. The minimum Gasteiger partial charge on any atom is -0.487 e. The first-order valence-electron chi connectivity index (χ1n) is 5.12. The third-order valence-corrected chi connectivity index (χ3v) is 5.71. The maximum Gasteiger partial charge on any atom is 0.307 e. The molecular weight excluding hydrogens is 278 g/mol. The second-order valence-electron chi connectivity index (χ2n) is 3.80. The molecule has 18 heavy (non-hydrogen) atoms. The van der Waals surface area contributed by atoms with E-state index in [9.17, 15) is 13.2 Å². The third kappa shape index (κ3) is 3.21. The van der Waals surface area contributed by atoms with Crippen LogP contribution in [-0.2, 0) is 14.8 Å². The Morgan fingerprint density at radius 3 is 2.61 bits per heavy atom. The number of methoxy groups -OCH3 is 1. The number of sulfonamides is 1. The van der Waals surface area contributed by atoms with Crippen LogP contribution in [0.3, 0.4) is 0 Å². The summed E-state index contributed by atoms with van der Waals surface area (Å²) in [7, 11) is -0.829. The molecule has 8 heteroatoms. The molecule has 0 aliphatic heterocycles. The molecule has 1 unspecified atom stereocenters. The number of carboxylic acid groups (broad SMARTS) is 1. The van der Waals surface area contributed by atoms with Gasteiger partial charge in [0.1, 0.15) is 4.21 Å². The van der Waals surface area contributed by atoms with Gasteiger partial charge in [0.25, 0.3) is 10.0 Å². The number of carbonyl (C=O) groups is 1. The van der Waals surface area contributed by atoms with Gasteiger partial charge in [0, 0.05) is 13.6 Å². The van der Waals surface area contributed by atoms with E-state index in [4.69, 9.17) is 9.84 Å². The molecule has 0 bridgehead atoms. The van der Waals surface area contributed by atoms with Crippen LogP contribution in [0.4, 0.5) is 0 Å². The van der Waals surface area contributed by atoms with Gasteiger partial charge in [-0.25, -0.2) is 8.42 Å². The fraction of sp³-hybridized carbons (Fsp3) is 0.500. The Bertz CT molecular complexity index is 522. The molecule has 0 fully saturated rings. The second kappa shape index (κ2) is 5.68. The predicted octanol–water partition coefficient (Wildman–Crippen LogP) is 1.10. The van der Waals surface area contributed by atoms with E-state index in [1.54, 1.807) is 6.07 Å². The molecule has 0 amide bonds. The summed E-state index contributed by atoms with van der Waals surface area (Å²) < 4.78 is 30.3. The summed E-state index contributed by atoms with van der Waals surface area (Å²) in [6.45, 7) is 1.39. The Hall–Kier alpha value is -1.12. The highest BCUT2D eigenvalue weighted by molar-refractivity contribution is 7.91. The average Bonchev–Trinajstić information content (AvgIpc) is 2.77. The van der Waals surface area contributed by atoms with Gasteiger partial charge in [0.05, 0.1) is 13.0 Å². The van der Waals surface area contributed by atoms with E-state index in [-0.39, 0.29) is 10.8 Å². The zero-order valence-corrected chi connectivity index (χ0v) is 11.9. The van der Waals surface area contributed by atoms with E-state index in [1.807, 2.05) is 0 Å². The normalized spacial score (nSPS) is 13.6. The SMILES string of the molecule is COc1ccc(S(=O)(=O)N(C)CC(C)C(=O)O)s1. The van der Waals surface area contributed by atoms with Gasteiger partial charge in [-0.3, -0.25) is 4.79 Å². The van der Waals surface area contributed by atoms with Crippen LogP contribution < -0.4 is 4.74 Å². The number of hydrogen-bond acceptors (Lipinski definition) is 5. The van der Waals surface area contributed by atoms with Crippen LogP contribution in [0.5, 0.6) is 5.06 Å². The van der Waals surface area contributed by atoms with Crippen molar-refractivity contribution in [2.75, 3.05) is 20.7 Å². The highest BCUT2D eigenvalue weighted by Gasteiger charge is 2.26. The molecule has 0 saturated heterocycles. The van der Waals surface area contributed by atoms with Crippen molar-refractivity contribution in [2.24, 2.45) is 5.92 Å². The predicted molar refractivity (Wildman–Crippen MR) is 67.5 cm³/mol. The largest absolute Gasteiger partial charge is 0.487 e. The van der Waals surface area contributed by atoms with Gasteiger partial charge in [0.2, 0.25) is 0 Å². The van der Waals surface area contributed by atoms with Gasteiger partial charge in [0.15, 0.2) is 5.06 Å². The quantitative estimate of drug-likeness (QED) is 0.849. The summed E-state index contributed by atoms with van der Waals surface area (Å²) in [5.74, 6) is -1.78. The zero-order valence-electron chi connectivity index (χ0n) is 10.3. The van der Waals surface area contributed by atoms with E-state index in [0.29, 0.717) is 5.06 Å². The smallest absolute Gasteiger partial charge is 0.307 e. The van der Waals surface area contributed by atoms with Gasteiger partial charge >= 0.3 is 5.97 Å². The van der Waals surface area contributed by atoms with E-state index >= 15 is 0 Å². The lowest BCUT2D eigenvalue weighted by Gasteiger charge is -2.18. The molecule has 102 valence electrons. The topological polar surface area (TPSA) is 83.9 Å². The molecule has 0 radical (unpaired) electrons. The van der Waals surface area contributed by atoms with Crippen molar-refractivity contribution in [3.63, 3.8) is 0 Å². The Morgan fingerprint density at radius 2 is 2.17 bits per heavy atom. The summed E-state index contributed by atoms with van der Waals surface area (Å²) in [5, 5.41) is 9.26. The van der Waals surface area contributed by atoms with Crippen molar-refractivity contribution in [3.05, 3.63) is 12.1 Å². The lowest BCUT2D eigenvalue weighted by atomic mass is 10.2. The lowest BCUT2D eigenvalue weighted by molar-refractivity contribution is -0.141. The van der Waals surface area contributed by atoms with Gasteiger partial charge in [-0.1, -0.05) is 18.3 Å². The van der Waals surface area contributed by atoms with Gasteiger partial charge in [-0.05, 0) is 12.1 Å². The Balaban J connectivity index is 2.89. The number of carboxylic acids is 1. The van der Waals surface area contributed by atoms with E-state index in [2.05, 4.69) is 0 Å². The molecule has 1 heterocycles. The molecule has 1 rings (SSSR count). The summed E-state index contributed by atoms with van der Waals surface area (Å²) in [6, 6.07) is 3.01. The van der Waals surface area contributed by atoms with Crippen molar-refractivity contribution in [1.29, 1.82) is 0 Å². The number of aliphatic carboxylic acids is 1. The lowest BCUT2D eigenvalue weighted by Crippen LogP contribution is -2.33. The van der Waals surface area contributed by atoms with E-state index in [0.717, 1.165) is 15.6 Å². The summed E-state index contributed by atoms with van der Waals surface area (Å²) in [4.78, 5) is 10.7. The molecule has 1 aromatic rings. The molecular formula is C10H15NO5S2. The minimum atomic E-state index is -3.65. The molecule has 0 aromatic carbocycles. The first-order valence-corrected chi connectivity index (χ1v) is 7.37. The molecule has 0 aliphatic rings. The summed E-state index contributed by atoms with van der Waals surface area (Å²) in [6.07, 6.45) is 0. The number of rotatable bonds is 6. The fourth-order valence-corrected chi connectivity index (χ4v) is 3.84. The van der Waals surface area contributed by atoms with E-state index < -0.39 is 21.9 Å². The van der Waals surface area contributed by atoms with Crippen LogP contribution in [0.25, 0.3) is 0 Å². The van der Waals surface area contributed by atoms with Gasteiger partial charge in [-0.15, -0.1) is 0 Å². The highest BCUT2D eigenvalue weighted by Crippen LogP contribution is 2.29. The van der Waals surface area contributed by atoms with Crippen molar-refractivity contribution in [1.82, 2.24) is 4.31 Å². The monoisotopic (exact) mass is 293 g/mol. The van der Waals surface area contributed by atoms with Gasteiger partial charge < -0.3 is 9.84 Å². The minimum absolute atomic E-state index is 0.0715. The van der Waals surface area contributed by atoms with E-state index in [1.165, 1.54) is 27.1 Å². The van der Waals surface area contributed by atoms with Crippen LogP contribution in [-0.4, -0.2) is 44.5 Å². The van der Waals surface area contributed by atoms with Crippen LogP contribution in [0.1, 0.15) is 6.92 Å². The maximum atomic E-state index is 12.1. The van der Waals surface area contributed by atoms with Gasteiger partial charge in [-0.2, -0.15) is 4.31 Å². The molecule has 6 nitrogen and oxygen atoms in total. The molecule has 0 aliphatic carbocycles. The highest BCUT2D eigenvalue weighted by atomic mass is 32.2. The van der Waals surface area contributed by atoms with Crippen molar-refractivity contribution in [3.8, 4) is 5.06 Å². The van der Waals surface area contributed by atoms with Crippen molar-refractivity contribution >= 4 is 27.3 Å². The fourth-order valence-electron chi connectivity index (χ4n) is 1.27. The Morgan fingerprint density at radius 1 is 1.56 bits per heavy atom. The first-order chi connectivity index (χ1) is 8.28. The Kier molecular flexibility index (Phi) is 4.71. The standard InChI is InChI=1S/C10H15NO5S2/c1-7(10(12)13)6-11(2)18(14,15)9-5-4-8(16-3)17-9/h4-5,7H,6H2,1-3H3,(H,12,13). The second-order valence-corrected chi connectivity index (χ2v) is 7.12. The average molecular weight is 293 g/mol. The molecule has 0 saturated carbocycles. The number of thiophene rings is 1. The Labute approximate surface area is 110 Å².